The highest BCUT2D eigenvalue weighted by atomic mass is 16.5. The van der Waals surface area contributed by atoms with Gasteiger partial charge in [0.25, 0.3) is 5.91 Å². The number of aliphatic hydroxyl groups is 1. The summed E-state index contributed by atoms with van der Waals surface area (Å²) in [5.74, 6) is 0.814. The zero-order chi connectivity index (χ0) is 16.9. The Balaban J connectivity index is 1.73. The van der Waals surface area contributed by atoms with Gasteiger partial charge in [-0.2, -0.15) is 0 Å². The van der Waals surface area contributed by atoms with Crippen LogP contribution < -0.4 is 10.1 Å². The Kier molecular flexibility index (Phi) is 5.11. The number of rotatable bonds is 6. The summed E-state index contributed by atoms with van der Waals surface area (Å²) in [5, 5.41) is 12.7. The summed E-state index contributed by atoms with van der Waals surface area (Å²) >= 11 is 0. The fourth-order valence-electron chi connectivity index (χ4n) is 2.99. The van der Waals surface area contributed by atoms with Crippen molar-refractivity contribution in [3.8, 4) is 5.75 Å². The maximum Gasteiger partial charge on any atom is 0.251 e. The van der Waals surface area contributed by atoms with Crippen LogP contribution in [0.1, 0.15) is 41.9 Å². The Hall–Kier alpha value is -2.40. The highest BCUT2D eigenvalue weighted by Gasteiger charge is 2.36. The molecule has 1 amide bonds. The van der Waals surface area contributed by atoms with E-state index in [2.05, 4.69) is 10.3 Å². The van der Waals surface area contributed by atoms with Crippen molar-refractivity contribution in [1.29, 1.82) is 0 Å². The van der Waals surface area contributed by atoms with Gasteiger partial charge in [0.05, 0.1) is 24.4 Å². The van der Waals surface area contributed by atoms with Crippen LogP contribution in [0.4, 0.5) is 0 Å². The summed E-state index contributed by atoms with van der Waals surface area (Å²) in [4.78, 5) is 17.0. The van der Waals surface area contributed by atoms with Crippen LogP contribution in [0.3, 0.4) is 0 Å². The number of aromatic nitrogens is 1. The minimum atomic E-state index is -0.274. The van der Waals surface area contributed by atoms with Crippen molar-refractivity contribution >= 4 is 5.91 Å². The highest BCUT2D eigenvalue weighted by molar-refractivity contribution is 5.94. The van der Waals surface area contributed by atoms with E-state index in [-0.39, 0.29) is 24.0 Å². The number of carbonyl (C=O) groups is 1. The van der Waals surface area contributed by atoms with E-state index in [0.717, 1.165) is 11.4 Å². The van der Waals surface area contributed by atoms with Crippen LogP contribution >= 0.6 is 0 Å². The minimum Gasteiger partial charge on any atom is -0.494 e. The molecule has 0 spiro atoms. The van der Waals surface area contributed by atoms with Crippen molar-refractivity contribution in [1.82, 2.24) is 10.3 Å². The molecule has 1 heterocycles. The van der Waals surface area contributed by atoms with E-state index in [4.69, 9.17) is 4.74 Å². The summed E-state index contributed by atoms with van der Waals surface area (Å²) < 4.78 is 5.40. The largest absolute Gasteiger partial charge is 0.494 e. The molecular formula is C19H22N2O3. The SMILES string of the molecule is CCOc1ccc(C(=O)N[C@H](c2ccccn2)C2CC(O)C2)cc1. The Morgan fingerprint density at radius 3 is 2.62 bits per heavy atom. The molecule has 1 aliphatic rings. The van der Waals surface area contributed by atoms with Crippen LogP contribution in [0.15, 0.2) is 48.7 Å². The fourth-order valence-corrected chi connectivity index (χ4v) is 2.99. The molecule has 0 saturated heterocycles. The van der Waals surface area contributed by atoms with Gasteiger partial charge in [0.1, 0.15) is 5.75 Å². The minimum absolute atomic E-state index is 0.143. The van der Waals surface area contributed by atoms with Gasteiger partial charge in [-0.1, -0.05) is 6.07 Å². The standard InChI is InChI=1S/C19H22N2O3/c1-2-24-16-8-6-13(7-9-16)19(23)21-18(14-11-15(22)12-14)17-5-3-4-10-20-17/h3-10,14-15,18,22H,2,11-12H2,1H3,(H,21,23)/t14?,15?,18-/m0/s1. The third-order valence-electron chi connectivity index (χ3n) is 4.34. The predicted molar refractivity (Wildman–Crippen MR) is 90.8 cm³/mol. The summed E-state index contributed by atoms with van der Waals surface area (Å²) in [6.07, 6.45) is 2.82. The molecule has 1 aromatic carbocycles. The van der Waals surface area contributed by atoms with Crippen LogP contribution in [-0.4, -0.2) is 28.7 Å². The third kappa shape index (κ3) is 3.74. The van der Waals surface area contributed by atoms with Gasteiger partial charge in [-0.15, -0.1) is 0 Å². The van der Waals surface area contributed by atoms with E-state index in [1.54, 1.807) is 30.5 Å². The number of hydrogen-bond acceptors (Lipinski definition) is 4. The highest BCUT2D eigenvalue weighted by Crippen LogP contribution is 2.37. The number of amides is 1. The molecular weight excluding hydrogens is 304 g/mol. The van der Waals surface area contributed by atoms with E-state index >= 15 is 0 Å². The van der Waals surface area contributed by atoms with Crippen molar-refractivity contribution in [2.75, 3.05) is 6.61 Å². The van der Waals surface area contributed by atoms with Crippen LogP contribution in [-0.2, 0) is 0 Å². The van der Waals surface area contributed by atoms with Crippen LogP contribution in [0, 0.1) is 5.92 Å². The molecule has 24 heavy (non-hydrogen) atoms. The lowest BCUT2D eigenvalue weighted by Crippen LogP contribution is -2.41. The zero-order valence-electron chi connectivity index (χ0n) is 13.7. The number of hydrogen-bond donors (Lipinski definition) is 2. The van der Waals surface area contributed by atoms with Gasteiger partial charge in [-0.3, -0.25) is 9.78 Å². The number of pyridine rings is 1. The lowest BCUT2D eigenvalue weighted by molar-refractivity contribution is 0.0228. The molecule has 5 heteroatoms. The van der Waals surface area contributed by atoms with Crippen molar-refractivity contribution in [2.45, 2.75) is 31.9 Å². The maximum atomic E-state index is 12.6. The molecule has 0 radical (unpaired) electrons. The Morgan fingerprint density at radius 1 is 1.29 bits per heavy atom. The van der Waals surface area contributed by atoms with E-state index in [1.165, 1.54) is 0 Å². The molecule has 126 valence electrons. The second-order valence-corrected chi connectivity index (χ2v) is 6.05. The number of benzene rings is 1. The summed E-state index contributed by atoms with van der Waals surface area (Å²) in [6, 6.07) is 12.6. The van der Waals surface area contributed by atoms with Gasteiger partial charge >= 0.3 is 0 Å². The molecule has 0 unspecified atom stereocenters. The Morgan fingerprint density at radius 2 is 2.04 bits per heavy atom. The quantitative estimate of drug-likeness (QED) is 0.856. The monoisotopic (exact) mass is 326 g/mol. The third-order valence-corrected chi connectivity index (χ3v) is 4.34. The van der Waals surface area contributed by atoms with Crippen LogP contribution in [0.5, 0.6) is 5.75 Å². The Labute approximate surface area is 141 Å². The number of nitrogens with zero attached hydrogens (tertiary/aromatic N) is 1. The van der Waals surface area contributed by atoms with Crippen LogP contribution in [0.25, 0.3) is 0 Å². The molecule has 1 aliphatic carbocycles. The van der Waals surface area contributed by atoms with Gasteiger partial charge in [0.2, 0.25) is 0 Å². The normalized spacial score (nSPS) is 20.8. The summed E-state index contributed by atoms with van der Waals surface area (Å²) in [7, 11) is 0. The molecule has 1 saturated carbocycles. The second kappa shape index (κ2) is 7.45. The molecule has 2 aromatic rings. The van der Waals surface area contributed by atoms with E-state index in [9.17, 15) is 9.90 Å². The molecule has 1 aromatic heterocycles. The van der Waals surface area contributed by atoms with Gasteiger partial charge in [-0.05, 0) is 62.1 Å². The molecule has 1 fully saturated rings. The summed E-state index contributed by atoms with van der Waals surface area (Å²) in [6.45, 7) is 2.52. The van der Waals surface area contributed by atoms with E-state index < -0.39 is 0 Å². The van der Waals surface area contributed by atoms with E-state index in [0.29, 0.717) is 25.0 Å². The lowest BCUT2D eigenvalue weighted by atomic mass is 9.76. The first-order valence-corrected chi connectivity index (χ1v) is 8.30. The number of ether oxygens (including phenoxy) is 1. The van der Waals surface area contributed by atoms with Gasteiger partial charge in [0, 0.05) is 11.8 Å². The fraction of sp³-hybridized carbons (Fsp3) is 0.368. The van der Waals surface area contributed by atoms with Crippen LogP contribution in [0.2, 0.25) is 0 Å². The van der Waals surface area contributed by atoms with Crippen molar-refractivity contribution in [3.63, 3.8) is 0 Å². The van der Waals surface area contributed by atoms with Gasteiger partial charge in [0.15, 0.2) is 0 Å². The van der Waals surface area contributed by atoms with Gasteiger partial charge in [-0.25, -0.2) is 0 Å². The average Bonchev–Trinajstić information content (AvgIpc) is 2.59. The topological polar surface area (TPSA) is 71.5 Å². The predicted octanol–water partition coefficient (Wildman–Crippen LogP) is 2.72. The van der Waals surface area contributed by atoms with Crippen molar-refractivity contribution in [3.05, 3.63) is 59.9 Å². The first-order valence-electron chi connectivity index (χ1n) is 8.30. The van der Waals surface area contributed by atoms with Crippen molar-refractivity contribution < 1.29 is 14.6 Å². The first kappa shape index (κ1) is 16.5. The molecule has 1 atom stereocenters. The molecule has 0 bridgehead atoms. The lowest BCUT2D eigenvalue weighted by Gasteiger charge is -2.37. The maximum absolute atomic E-state index is 12.6. The molecule has 2 N–H and O–H groups in total. The van der Waals surface area contributed by atoms with Crippen molar-refractivity contribution in [2.24, 2.45) is 5.92 Å². The Bertz CT molecular complexity index is 667. The molecule has 5 nitrogen and oxygen atoms in total. The number of aliphatic hydroxyl groups excluding tert-OH is 1. The van der Waals surface area contributed by atoms with E-state index in [1.807, 2.05) is 25.1 Å². The molecule has 0 aliphatic heterocycles. The average molecular weight is 326 g/mol. The van der Waals surface area contributed by atoms with Gasteiger partial charge < -0.3 is 15.2 Å². The summed E-state index contributed by atoms with van der Waals surface area (Å²) in [5.41, 5.74) is 1.41. The molecule has 3 rings (SSSR count). The number of nitrogens with one attached hydrogen (secondary N) is 1. The first-order chi connectivity index (χ1) is 11.7. The zero-order valence-corrected chi connectivity index (χ0v) is 13.7. The number of carbonyl (C=O) groups excluding carboxylic acids is 1. The second-order valence-electron chi connectivity index (χ2n) is 6.05. The smallest absolute Gasteiger partial charge is 0.251 e.